The highest BCUT2D eigenvalue weighted by atomic mass is 32.2. The Hall–Kier alpha value is -3.71. The largest absolute Gasteiger partial charge is 0.497 e. The van der Waals surface area contributed by atoms with Crippen molar-refractivity contribution in [2.45, 2.75) is 50.4 Å². The summed E-state index contributed by atoms with van der Waals surface area (Å²) < 4.78 is 10.8. The van der Waals surface area contributed by atoms with Crippen molar-refractivity contribution in [1.29, 1.82) is 0 Å². The van der Waals surface area contributed by atoms with Gasteiger partial charge in [-0.05, 0) is 73.6 Å². The lowest BCUT2D eigenvalue weighted by molar-refractivity contribution is -0.133. The molecule has 0 radical (unpaired) electrons. The number of hydrogen-bond donors (Lipinski definition) is 1. The number of nitrogens with one attached hydrogen (secondary N) is 1. The van der Waals surface area contributed by atoms with Crippen LogP contribution < -0.4 is 14.8 Å². The summed E-state index contributed by atoms with van der Waals surface area (Å²) >= 11 is 1.68. The number of benzene rings is 3. The number of hydrogen-bond acceptors (Lipinski definition) is 5. The molecule has 6 nitrogen and oxygen atoms in total. The van der Waals surface area contributed by atoms with Crippen LogP contribution in [0, 0.1) is 12.8 Å². The number of fused-ring (bicyclic) bond motifs is 1. The van der Waals surface area contributed by atoms with Crippen molar-refractivity contribution < 1.29 is 19.1 Å². The first kappa shape index (κ1) is 28.8. The van der Waals surface area contributed by atoms with Gasteiger partial charge in [0.25, 0.3) is 5.91 Å². The predicted molar refractivity (Wildman–Crippen MR) is 165 cm³/mol. The van der Waals surface area contributed by atoms with Crippen LogP contribution in [0.15, 0.2) is 77.7 Å². The van der Waals surface area contributed by atoms with E-state index in [-0.39, 0.29) is 29.0 Å². The highest BCUT2D eigenvalue weighted by Gasteiger charge is 2.44. The molecule has 1 saturated heterocycles. The fourth-order valence-electron chi connectivity index (χ4n) is 5.86. The van der Waals surface area contributed by atoms with Gasteiger partial charge in [0.05, 0.1) is 19.1 Å². The third kappa shape index (κ3) is 6.96. The van der Waals surface area contributed by atoms with Crippen molar-refractivity contribution in [2.24, 2.45) is 5.92 Å². The van der Waals surface area contributed by atoms with E-state index < -0.39 is 0 Å². The molecule has 0 spiro atoms. The summed E-state index contributed by atoms with van der Waals surface area (Å²) in [6.07, 6.45) is 5.03. The van der Waals surface area contributed by atoms with E-state index >= 15 is 0 Å². The lowest BCUT2D eigenvalue weighted by Crippen LogP contribution is -2.53. The van der Waals surface area contributed by atoms with Crippen LogP contribution in [0.2, 0.25) is 0 Å². The van der Waals surface area contributed by atoms with Crippen molar-refractivity contribution in [3.63, 3.8) is 0 Å². The molecule has 3 atom stereocenters. The van der Waals surface area contributed by atoms with Gasteiger partial charge in [0.15, 0.2) is 0 Å². The lowest BCUT2D eigenvalue weighted by Gasteiger charge is -2.46. The molecular weight excluding hydrogens is 532 g/mol. The number of carbonyl (C=O) groups excluding carboxylic acids is 2. The molecule has 0 aromatic heterocycles. The van der Waals surface area contributed by atoms with E-state index in [0.717, 1.165) is 45.9 Å². The second-order valence-electron chi connectivity index (χ2n) is 10.8. The molecule has 1 aliphatic carbocycles. The van der Waals surface area contributed by atoms with E-state index in [4.69, 9.17) is 9.47 Å². The highest BCUT2D eigenvalue weighted by Crippen LogP contribution is 2.44. The van der Waals surface area contributed by atoms with Crippen LogP contribution in [0.25, 0.3) is 6.08 Å². The maximum absolute atomic E-state index is 13.9. The van der Waals surface area contributed by atoms with Crippen LogP contribution in [-0.4, -0.2) is 48.8 Å². The van der Waals surface area contributed by atoms with E-state index in [1.807, 2.05) is 65.6 Å². The molecule has 214 valence electrons. The Balaban J connectivity index is 1.30. The summed E-state index contributed by atoms with van der Waals surface area (Å²) in [7, 11) is 3.29. The summed E-state index contributed by atoms with van der Waals surface area (Å²) in [5, 5.41) is 3.41. The topological polar surface area (TPSA) is 67.9 Å². The maximum atomic E-state index is 13.9. The van der Waals surface area contributed by atoms with E-state index in [1.165, 1.54) is 5.56 Å². The van der Waals surface area contributed by atoms with Gasteiger partial charge in [-0.1, -0.05) is 60.2 Å². The maximum Gasteiger partial charge on any atom is 0.260 e. The van der Waals surface area contributed by atoms with Crippen molar-refractivity contribution >= 4 is 29.7 Å². The van der Waals surface area contributed by atoms with Crippen LogP contribution in [0.4, 0.5) is 0 Å². The van der Waals surface area contributed by atoms with E-state index in [1.54, 1.807) is 26.0 Å². The van der Waals surface area contributed by atoms with Gasteiger partial charge in [-0.3, -0.25) is 9.59 Å². The summed E-state index contributed by atoms with van der Waals surface area (Å²) in [6.45, 7) is 3.12. The van der Waals surface area contributed by atoms with Gasteiger partial charge in [0.1, 0.15) is 11.5 Å². The van der Waals surface area contributed by atoms with Crippen LogP contribution >= 0.6 is 11.8 Å². The third-order valence-corrected chi connectivity index (χ3v) is 9.39. The molecule has 3 unspecified atom stereocenters. The molecule has 2 fully saturated rings. The number of aryl methyl sites for hydroxylation is 1. The smallest absolute Gasteiger partial charge is 0.260 e. The quantitative estimate of drug-likeness (QED) is 0.319. The standard InChI is InChI=1S/C34H38N2O4S/c1-23-8-7-11-25(18-23)22-36-29-21-27(33(37)35-17-16-26-20-28(39-2)13-14-30(26)40-3)12-15-31(29)41-32(34(36)38)19-24-9-5-4-6-10-24/h4-11,13-14,18-20,27,29,31H,12,15-17,21-22H2,1-3H3,(H,35,37)/b32-19-. The molecule has 2 aliphatic rings. The number of ether oxygens (including phenoxy) is 2. The van der Waals surface area contributed by atoms with Crippen molar-refractivity contribution in [1.82, 2.24) is 10.2 Å². The Bertz CT molecular complexity index is 1410. The Morgan fingerprint density at radius 1 is 1.02 bits per heavy atom. The first-order chi connectivity index (χ1) is 19.9. The molecule has 0 bridgehead atoms. The molecule has 1 aliphatic heterocycles. The highest BCUT2D eigenvalue weighted by molar-refractivity contribution is 8.04. The van der Waals surface area contributed by atoms with Gasteiger partial charge >= 0.3 is 0 Å². The fourth-order valence-corrected chi connectivity index (χ4v) is 7.28. The van der Waals surface area contributed by atoms with Crippen molar-refractivity contribution in [2.75, 3.05) is 20.8 Å². The van der Waals surface area contributed by atoms with Gasteiger partial charge in [0.2, 0.25) is 5.91 Å². The molecule has 1 heterocycles. The minimum absolute atomic E-state index is 0.00362. The Morgan fingerprint density at radius 3 is 2.61 bits per heavy atom. The first-order valence-corrected chi connectivity index (χ1v) is 15.1. The number of carbonyl (C=O) groups is 2. The van der Waals surface area contributed by atoms with Gasteiger partial charge in [-0.2, -0.15) is 0 Å². The zero-order chi connectivity index (χ0) is 28.8. The molecule has 2 amide bonds. The molecule has 3 aromatic carbocycles. The summed E-state index contributed by atoms with van der Waals surface area (Å²) in [5.41, 5.74) is 4.30. The van der Waals surface area contributed by atoms with Crippen molar-refractivity contribution in [3.05, 3.63) is 100.0 Å². The summed E-state index contributed by atoms with van der Waals surface area (Å²) in [5.74, 6) is 1.52. The average Bonchev–Trinajstić information content (AvgIpc) is 2.99. The normalized spacial score (nSPS) is 21.3. The molecule has 7 heteroatoms. The van der Waals surface area contributed by atoms with E-state index in [2.05, 4.69) is 30.4 Å². The molecule has 1 saturated carbocycles. The second kappa shape index (κ2) is 13.3. The van der Waals surface area contributed by atoms with Gasteiger partial charge in [-0.25, -0.2) is 0 Å². The number of methoxy groups -OCH3 is 2. The first-order valence-electron chi connectivity index (χ1n) is 14.2. The predicted octanol–water partition coefficient (Wildman–Crippen LogP) is 6.02. The number of rotatable bonds is 9. The van der Waals surface area contributed by atoms with Crippen molar-refractivity contribution in [3.8, 4) is 11.5 Å². The number of nitrogens with zero attached hydrogens (tertiary/aromatic N) is 1. The third-order valence-electron chi connectivity index (χ3n) is 7.99. The minimum atomic E-state index is -0.128. The zero-order valence-electron chi connectivity index (χ0n) is 24.0. The Morgan fingerprint density at radius 2 is 1.85 bits per heavy atom. The molecule has 5 rings (SSSR count). The number of thioether (sulfide) groups is 1. The van der Waals surface area contributed by atoms with Crippen LogP contribution in [0.3, 0.4) is 0 Å². The summed E-state index contributed by atoms with van der Waals surface area (Å²) in [6, 6.07) is 24.1. The average molecular weight is 571 g/mol. The second-order valence-corrected chi connectivity index (χ2v) is 12.1. The Kier molecular flexibility index (Phi) is 9.35. The molecule has 41 heavy (non-hydrogen) atoms. The van der Waals surface area contributed by atoms with Gasteiger partial charge in [-0.15, -0.1) is 11.8 Å². The van der Waals surface area contributed by atoms with Gasteiger partial charge < -0.3 is 19.7 Å². The van der Waals surface area contributed by atoms with Gasteiger partial charge in [0, 0.05) is 30.3 Å². The molecular formula is C34H38N2O4S. The molecule has 1 N–H and O–H groups in total. The van der Waals surface area contributed by atoms with Crippen LogP contribution in [0.5, 0.6) is 11.5 Å². The fraction of sp³-hybridized carbons (Fsp3) is 0.353. The van der Waals surface area contributed by atoms with E-state index in [9.17, 15) is 9.59 Å². The zero-order valence-corrected chi connectivity index (χ0v) is 24.8. The van der Waals surface area contributed by atoms with Crippen LogP contribution in [-0.2, 0) is 22.6 Å². The molecule has 3 aromatic rings. The summed E-state index contributed by atoms with van der Waals surface area (Å²) in [4.78, 5) is 30.1. The Labute approximate surface area is 247 Å². The SMILES string of the molecule is COc1ccc(OC)c(CCNC(=O)C2CCC3S/C(=C\c4ccccc4)C(=O)N(Cc4cccc(C)c4)C3C2)c1. The van der Waals surface area contributed by atoms with E-state index in [0.29, 0.717) is 25.9 Å². The number of amides is 2. The monoisotopic (exact) mass is 570 g/mol. The minimum Gasteiger partial charge on any atom is -0.497 e. The van der Waals surface area contributed by atoms with Crippen LogP contribution in [0.1, 0.15) is 41.5 Å². The lowest BCUT2D eigenvalue weighted by atomic mass is 9.83.